The first-order valence-corrected chi connectivity index (χ1v) is 6.36. The van der Waals surface area contributed by atoms with Crippen molar-refractivity contribution in [2.45, 2.75) is 19.8 Å². The number of esters is 2. The van der Waals surface area contributed by atoms with Gasteiger partial charge in [0.05, 0.1) is 12.2 Å². The molecule has 1 aromatic rings. The molecular formula is C15H18O5. The molecule has 0 saturated heterocycles. The molecule has 1 rings (SSSR count). The van der Waals surface area contributed by atoms with Gasteiger partial charge in [0.15, 0.2) is 0 Å². The van der Waals surface area contributed by atoms with Crippen molar-refractivity contribution in [1.29, 1.82) is 0 Å². The summed E-state index contributed by atoms with van der Waals surface area (Å²) in [5.74, 6) is -0.543. The lowest BCUT2D eigenvalue weighted by Gasteiger charge is -2.08. The second-order valence-electron chi connectivity index (χ2n) is 3.95. The number of carbonyl (C=O) groups excluding carboxylic acids is 2. The van der Waals surface area contributed by atoms with Gasteiger partial charge in [-0.1, -0.05) is 26.0 Å². The van der Waals surface area contributed by atoms with Crippen molar-refractivity contribution in [3.8, 4) is 5.75 Å². The smallest absolute Gasteiger partial charge is 0.338 e. The SMILES string of the molecule is C=CC(=O)OCOc1cccc(C(=O)OCCCC)c1. The molecule has 1 aromatic carbocycles. The Bertz CT molecular complexity index is 467. The monoisotopic (exact) mass is 278 g/mol. The zero-order valence-corrected chi connectivity index (χ0v) is 11.5. The van der Waals surface area contributed by atoms with E-state index in [0.717, 1.165) is 18.9 Å². The zero-order valence-electron chi connectivity index (χ0n) is 11.5. The summed E-state index contributed by atoms with van der Waals surface area (Å²) in [5, 5.41) is 0. The molecule has 0 saturated carbocycles. The van der Waals surface area contributed by atoms with Gasteiger partial charge in [-0.25, -0.2) is 9.59 Å². The van der Waals surface area contributed by atoms with Gasteiger partial charge in [-0.05, 0) is 24.6 Å². The molecule has 0 aliphatic heterocycles. The standard InChI is InChI=1S/C15H18O5/c1-3-5-9-18-15(17)12-7-6-8-13(10-12)19-11-20-14(16)4-2/h4,6-8,10H,2-3,5,9,11H2,1H3. The molecule has 0 heterocycles. The predicted molar refractivity (Wildman–Crippen MR) is 73.4 cm³/mol. The van der Waals surface area contributed by atoms with Gasteiger partial charge in [-0.15, -0.1) is 0 Å². The molecule has 0 amide bonds. The van der Waals surface area contributed by atoms with E-state index in [4.69, 9.17) is 9.47 Å². The van der Waals surface area contributed by atoms with Crippen LogP contribution in [0, 0.1) is 0 Å². The maximum atomic E-state index is 11.7. The quantitative estimate of drug-likeness (QED) is 0.317. The minimum Gasteiger partial charge on any atom is -0.462 e. The zero-order chi connectivity index (χ0) is 14.8. The summed E-state index contributed by atoms with van der Waals surface area (Å²) in [5.41, 5.74) is 0.397. The topological polar surface area (TPSA) is 61.8 Å². The van der Waals surface area contributed by atoms with Crippen LogP contribution in [-0.4, -0.2) is 25.3 Å². The highest BCUT2D eigenvalue weighted by molar-refractivity contribution is 5.89. The van der Waals surface area contributed by atoms with Crippen molar-refractivity contribution in [3.05, 3.63) is 42.5 Å². The van der Waals surface area contributed by atoms with Crippen LogP contribution in [-0.2, 0) is 14.3 Å². The third-order valence-electron chi connectivity index (χ3n) is 2.39. The van der Waals surface area contributed by atoms with Gasteiger partial charge in [0.25, 0.3) is 0 Å². The van der Waals surface area contributed by atoms with E-state index in [1.165, 1.54) is 6.07 Å². The fourth-order valence-corrected chi connectivity index (χ4v) is 1.32. The molecule has 0 spiro atoms. The lowest BCUT2D eigenvalue weighted by atomic mass is 10.2. The maximum Gasteiger partial charge on any atom is 0.338 e. The van der Waals surface area contributed by atoms with E-state index in [-0.39, 0.29) is 6.79 Å². The van der Waals surface area contributed by atoms with Crippen LogP contribution in [0.5, 0.6) is 5.75 Å². The van der Waals surface area contributed by atoms with Crippen LogP contribution in [0.2, 0.25) is 0 Å². The lowest BCUT2D eigenvalue weighted by molar-refractivity contribution is -0.144. The van der Waals surface area contributed by atoms with Crippen LogP contribution in [0.4, 0.5) is 0 Å². The normalized spacial score (nSPS) is 9.65. The molecule has 0 N–H and O–H groups in total. The Labute approximate surface area is 118 Å². The minimum absolute atomic E-state index is 0.237. The predicted octanol–water partition coefficient (Wildman–Crippen LogP) is 2.71. The van der Waals surface area contributed by atoms with Crippen molar-refractivity contribution in [2.75, 3.05) is 13.4 Å². The molecule has 5 nitrogen and oxygen atoms in total. The van der Waals surface area contributed by atoms with Crippen molar-refractivity contribution >= 4 is 11.9 Å². The molecule has 0 aliphatic rings. The average molecular weight is 278 g/mol. The Morgan fingerprint density at radius 3 is 2.80 bits per heavy atom. The molecule has 108 valence electrons. The summed E-state index contributed by atoms with van der Waals surface area (Å²) in [7, 11) is 0. The fourth-order valence-electron chi connectivity index (χ4n) is 1.32. The third kappa shape index (κ3) is 5.56. The van der Waals surface area contributed by atoms with E-state index in [1.54, 1.807) is 18.2 Å². The molecule has 20 heavy (non-hydrogen) atoms. The Hall–Kier alpha value is -2.30. The van der Waals surface area contributed by atoms with Crippen LogP contribution < -0.4 is 4.74 Å². The lowest BCUT2D eigenvalue weighted by Crippen LogP contribution is -2.09. The van der Waals surface area contributed by atoms with Crippen LogP contribution >= 0.6 is 0 Å². The van der Waals surface area contributed by atoms with Crippen LogP contribution in [0.3, 0.4) is 0 Å². The first kappa shape index (κ1) is 15.8. The highest BCUT2D eigenvalue weighted by Gasteiger charge is 2.08. The molecule has 0 radical (unpaired) electrons. The van der Waals surface area contributed by atoms with E-state index in [1.807, 2.05) is 6.92 Å². The van der Waals surface area contributed by atoms with E-state index in [9.17, 15) is 9.59 Å². The summed E-state index contributed by atoms with van der Waals surface area (Å²) < 4.78 is 15.0. The number of hydrogen-bond donors (Lipinski definition) is 0. The van der Waals surface area contributed by atoms with E-state index in [2.05, 4.69) is 11.3 Å². The van der Waals surface area contributed by atoms with Crippen LogP contribution in [0.15, 0.2) is 36.9 Å². The number of hydrogen-bond acceptors (Lipinski definition) is 5. The van der Waals surface area contributed by atoms with Gasteiger partial charge in [-0.2, -0.15) is 0 Å². The molecule has 0 fully saturated rings. The van der Waals surface area contributed by atoms with Crippen molar-refractivity contribution in [3.63, 3.8) is 0 Å². The highest BCUT2D eigenvalue weighted by Crippen LogP contribution is 2.14. The van der Waals surface area contributed by atoms with E-state index >= 15 is 0 Å². The maximum absolute atomic E-state index is 11.7. The van der Waals surface area contributed by atoms with E-state index in [0.29, 0.717) is 17.9 Å². The molecule has 0 aliphatic carbocycles. The fraction of sp³-hybridized carbons (Fsp3) is 0.333. The second-order valence-corrected chi connectivity index (χ2v) is 3.95. The number of carbonyl (C=O) groups is 2. The number of rotatable bonds is 8. The van der Waals surface area contributed by atoms with Gasteiger partial charge in [0.2, 0.25) is 6.79 Å². The molecule has 5 heteroatoms. The Morgan fingerprint density at radius 1 is 1.30 bits per heavy atom. The molecule has 0 aromatic heterocycles. The largest absolute Gasteiger partial charge is 0.462 e. The second kappa shape index (κ2) is 8.74. The third-order valence-corrected chi connectivity index (χ3v) is 2.39. The summed E-state index contributed by atoms with van der Waals surface area (Å²) in [6.45, 7) is 5.45. The highest BCUT2D eigenvalue weighted by atomic mass is 16.7. The Kier molecular flexibility index (Phi) is 6.89. The van der Waals surface area contributed by atoms with Crippen molar-refractivity contribution < 1.29 is 23.8 Å². The summed E-state index contributed by atoms with van der Waals surface area (Å²) in [4.78, 5) is 22.6. The van der Waals surface area contributed by atoms with Gasteiger partial charge >= 0.3 is 11.9 Å². The molecular weight excluding hydrogens is 260 g/mol. The van der Waals surface area contributed by atoms with Gasteiger partial charge in [0.1, 0.15) is 5.75 Å². The Morgan fingerprint density at radius 2 is 2.10 bits per heavy atom. The van der Waals surface area contributed by atoms with E-state index < -0.39 is 11.9 Å². The summed E-state index contributed by atoms with van der Waals surface area (Å²) in [6, 6.07) is 6.50. The summed E-state index contributed by atoms with van der Waals surface area (Å²) >= 11 is 0. The molecule has 0 unspecified atom stereocenters. The first-order chi connectivity index (χ1) is 9.67. The first-order valence-electron chi connectivity index (χ1n) is 6.36. The molecule has 0 atom stereocenters. The number of benzene rings is 1. The number of ether oxygens (including phenoxy) is 3. The molecule has 0 bridgehead atoms. The average Bonchev–Trinajstić information content (AvgIpc) is 2.47. The van der Waals surface area contributed by atoms with Crippen molar-refractivity contribution in [2.24, 2.45) is 0 Å². The summed E-state index contributed by atoms with van der Waals surface area (Å²) in [6.07, 6.45) is 2.84. The Balaban J connectivity index is 2.50. The van der Waals surface area contributed by atoms with Gasteiger partial charge < -0.3 is 14.2 Å². The van der Waals surface area contributed by atoms with Crippen molar-refractivity contribution in [1.82, 2.24) is 0 Å². The van der Waals surface area contributed by atoms with Crippen LogP contribution in [0.25, 0.3) is 0 Å². The number of unbranched alkanes of at least 4 members (excludes halogenated alkanes) is 1. The van der Waals surface area contributed by atoms with Gasteiger partial charge in [0, 0.05) is 6.08 Å². The van der Waals surface area contributed by atoms with Crippen LogP contribution in [0.1, 0.15) is 30.1 Å². The minimum atomic E-state index is -0.569. The van der Waals surface area contributed by atoms with Gasteiger partial charge in [-0.3, -0.25) is 0 Å².